The second-order valence-electron chi connectivity index (χ2n) is 6.88. The molecule has 2 aromatic carbocycles. The molecule has 1 aliphatic rings. The summed E-state index contributed by atoms with van der Waals surface area (Å²) in [5, 5.41) is 41.8. The molecule has 8 heteroatoms. The Morgan fingerprint density at radius 2 is 1.66 bits per heavy atom. The van der Waals surface area contributed by atoms with Crippen LogP contribution in [0.15, 0.2) is 48.5 Å². The van der Waals surface area contributed by atoms with Gasteiger partial charge in [0.1, 0.15) is 42.9 Å². The molecule has 1 saturated heterocycles. The summed E-state index contributed by atoms with van der Waals surface area (Å²) in [7, 11) is 1.58. The predicted molar refractivity (Wildman–Crippen MR) is 103 cm³/mol. The minimum absolute atomic E-state index is 0.152. The lowest BCUT2D eigenvalue weighted by Crippen LogP contribution is -2.55. The molecule has 5 atom stereocenters. The number of carbonyl (C=O) groups is 1. The number of nitrogens with one attached hydrogen (secondary N) is 1. The Morgan fingerprint density at radius 3 is 2.24 bits per heavy atom. The third kappa shape index (κ3) is 4.75. The summed E-state index contributed by atoms with van der Waals surface area (Å²) < 4.78 is 11.3. The summed E-state index contributed by atoms with van der Waals surface area (Å²) in [6.07, 6.45) is -5.95. The van der Waals surface area contributed by atoms with E-state index in [9.17, 15) is 25.2 Å². The number of aliphatic hydroxyl groups excluding tert-OH is 4. The lowest BCUT2D eigenvalue weighted by atomic mass is 9.91. The van der Waals surface area contributed by atoms with Crippen molar-refractivity contribution in [1.29, 1.82) is 0 Å². The monoisotopic (exact) mass is 403 g/mol. The second kappa shape index (κ2) is 9.34. The van der Waals surface area contributed by atoms with Crippen molar-refractivity contribution in [3.05, 3.63) is 65.2 Å². The first-order valence-electron chi connectivity index (χ1n) is 9.29. The van der Waals surface area contributed by atoms with Gasteiger partial charge < -0.3 is 35.2 Å². The zero-order valence-corrected chi connectivity index (χ0v) is 15.9. The van der Waals surface area contributed by atoms with Crippen molar-refractivity contribution < 1.29 is 34.7 Å². The molecule has 1 aliphatic heterocycles. The highest BCUT2D eigenvalue weighted by atomic mass is 16.5. The smallest absolute Gasteiger partial charge is 0.251 e. The van der Waals surface area contributed by atoms with Crippen LogP contribution >= 0.6 is 0 Å². The number of amides is 1. The van der Waals surface area contributed by atoms with Gasteiger partial charge in [-0.1, -0.05) is 24.3 Å². The van der Waals surface area contributed by atoms with Crippen LogP contribution in [0.4, 0.5) is 0 Å². The molecule has 1 amide bonds. The van der Waals surface area contributed by atoms with E-state index in [2.05, 4.69) is 5.32 Å². The molecule has 3 rings (SSSR count). The van der Waals surface area contributed by atoms with Crippen LogP contribution in [-0.2, 0) is 11.3 Å². The molecule has 1 heterocycles. The number of hydrogen-bond donors (Lipinski definition) is 5. The zero-order valence-electron chi connectivity index (χ0n) is 15.9. The highest BCUT2D eigenvalue weighted by Crippen LogP contribution is 2.33. The van der Waals surface area contributed by atoms with E-state index >= 15 is 0 Å². The molecular formula is C21H25NO7. The van der Waals surface area contributed by atoms with Crippen LogP contribution < -0.4 is 10.1 Å². The van der Waals surface area contributed by atoms with Gasteiger partial charge in [0.15, 0.2) is 0 Å². The fraction of sp³-hybridized carbons (Fsp3) is 0.381. The maximum Gasteiger partial charge on any atom is 0.251 e. The van der Waals surface area contributed by atoms with Gasteiger partial charge in [0.05, 0.1) is 6.61 Å². The van der Waals surface area contributed by atoms with Crippen LogP contribution in [0.2, 0.25) is 0 Å². The van der Waals surface area contributed by atoms with E-state index in [1.165, 1.54) is 0 Å². The van der Waals surface area contributed by atoms with Crippen molar-refractivity contribution in [3.8, 4) is 5.75 Å². The van der Waals surface area contributed by atoms with E-state index in [1.54, 1.807) is 43.4 Å². The van der Waals surface area contributed by atoms with Gasteiger partial charge in [0.25, 0.3) is 5.91 Å². The van der Waals surface area contributed by atoms with Crippen LogP contribution in [0.5, 0.6) is 5.75 Å². The summed E-state index contributed by atoms with van der Waals surface area (Å²) >= 11 is 0. The number of benzene rings is 2. The standard InChI is InChI=1S/C21H25NO7/c1-22-21(27)14-4-2-12(3-5-14)11-28-15-8-6-13(7-9-15)20-19(26)18(25)17(24)16(10-23)29-20/h2-9,16-20,23-26H,10-11H2,1H3,(H,22,27)/t16-,17-,18+,19+,20?/m1/s1. The van der Waals surface area contributed by atoms with Gasteiger partial charge in [-0.15, -0.1) is 0 Å². The van der Waals surface area contributed by atoms with Crippen molar-refractivity contribution in [2.45, 2.75) is 37.1 Å². The predicted octanol–water partition coefficient (Wildman–Crippen LogP) is 0.140. The van der Waals surface area contributed by atoms with Crippen molar-refractivity contribution >= 4 is 5.91 Å². The number of rotatable bonds is 6. The largest absolute Gasteiger partial charge is 0.489 e. The van der Waals surface area contributed by atoms with E-state index < -0.39 is 37.1 Å². The fourth-order valence-corrected chi connectivity index (χ4v) is 3.19. The third-order valence-corrected chi connectivity index (χ3v) is 4.95. The first-order valence-corrected chi connectivity index (χ1v) is 9.29. The minimum atomic E-state index is -1.42. The van der Waals surface area contributed by atoms with E-state index in [0.717, 1.165) is 5.56 Å². The molecule has 0 aliphatic carbocycles. The Hall–Kier alpha value is -2.49. The maximum atomic E-state index is 11.6. The van der Waals surface area contributed by atoms with Gasteiger partial charge in [-0.05, 0) is 35.4 Å². The molecular weight excluding hydrogens is 378 g/mol. The molecule has 2 aromatic rings. The van der Waals surface area contributed by atoms with Gasteiger partial charge in [0, 0.05) is 12.6 Å². The Morgan fingerprint density at radius 1 is 1.00 bits per heavy atom. The van der Waals surface area contributed by atoms with Gasteiger partial charge >= 0.3 is 0 Å². The molecule has 5 N–H and O–H groups in total. The van der Waals surface area contributed by atoms with E-state index in [-0.39, 0.29) is 5.91 Å². The van der Waals surface area contributed by atoms with Gasteiger partial charge in [-0.25, -0.2) is 0 Å². The summed E-state index contributed by atoms with van der Waals surface area (Å²) in [4.78, 5) is 11.6. The lowest BCUT2D eigenvalue weighted by molar-refractivity contribution is -0.231. The van der Waals surface area contributed by atoms with Crippen molar-refractivity contribution in [1.82, 2.24) is 5.32 Å². The van der Waals surface area contributed by atoms with Crippen LogP contribution in [0.1, 0.15) is 27.6 Å². The number of hydrogen-bond acceptors (Lipinski definition) is 7. The molecule has 1 fully saturated rings. The average molecular weight is 403 g/mol. The van der Waals surface area contributed by atoms with E-state index in [1.807, 2.05) is 12.1 Å². The second-order valence-corrected chi connectivity index (χ2v) is 6.88. The molecule has 8 nitrogen and oxygen atoms in total. The Balaban J connectivity index is 1.62. The Labute approximate surface area is 168 Å². The highest BCUT2D eigenvalue weighted by molar-refractivity contribution is 5.93. The topological polar surface area (TPSA) is 128 Å². The molecule has 0 spiro atoms. The van der Waals surface area contributed by atoms with E-state index in [0.29, 0.717) is 23.5 Å². The molecule has 0 radical (unpaired) electrons. The van der Waals surface area contributed by atoms with Crippen LogP contribution in [0, 0.1) is 0 Å². The lowest BCUT2D eigenvalue weighted by Gasteiger charge is -2.40. The summed E-state index contributed by atoms with van der Waals surface area (Å²) in [5.74, 6) is 0.440. The first-order chi connectivity index (χ1) is 13.9. The molecule has 0 bridgehead atoms. The number of ether oxygens (including phenoxy) is 2. The molecule has 156 valence electrons. The normalized spacial score (nSPS) is 26.7. The van der Waals surface area contributed by atoms with Crippen LogP contribution in [0.3, 0.4) is 0 Å². The molecule has 0 aromatic heterocycles. The zero-order chi connectivity index (χ0) is 21.0. The average Bonchev–Trinajstić information content (AvgIpc) is 2.76. The minimum Gasteiger partial charge on any atom is -0.489 e. The van der Waals surface area contributed by atoms with Crippen molar-refractivity contribution in [3.63, 3.8) is 0 Å². The third-order valence-electron chi connectivity index (χ3n) is 4.95. The summed E-state index contributed by atoms with van der Waals surface area (Å²) in [6.45, 7) is -0.158. The van der Waals surface area contributed by atoms with Crippen molar-refractivity contribution in [2.24, 2.45) is 0 Å². The Kier molecular flexibility index (Phi) is 6.83. The van der Waals surface area contributed by atoms with Crippen LogP contribution in [-0.4, -0.2) is 64.4 Å². The van der Waals surface area contributed by atoms with Gasteiger partial charge in [0.2, 0.25) is 0 Å². The Bertz CT molecular complexity index is 807. The number of carbonyl (C=O) groups excluding carboxylic acids is 1. The summed E-state index contributed by atoms with van der Waals surface area (Å²) in [5.41, 5.74) is 2.06. The van der Waals surface area contributed by atoms with E-state index in [4.69, 9.17) is 9.47 Å². The number of aliphatic hydroxyl groups is 4. The van der Waals surface area contributed by atoms with Gasteiger partial charge in [-0.2, -0.15) is 0 Å². The van der Waals surface area contributed by atoms with Crippen LogP contribution in [0.25, 0.3) is 0 Å². The van der Waals surface area contributed by atoms with Gasteiger partial charge in [-0.3, -0.25) is 4.79 Å². The fourth-order valence-electron chi connectivity index (χ4n) is 3.19. The first kappa shape index (κ1) is 21.2. The quantitative estimate of drug-likeness (QED) is 0.464. The van der Waals surface area contributed by atoms with Crippen molar-refractivity contribution in [2.75, 3.05) is 13.7 Å². The SMILES string of the molecule is CNC(=O)c1ccc(COc2ccc(C3O[C@H](CO)[C@@H](O)[C@H](O)[C@@H]3O)cc2)cc1. The maximum absolute atomic E-state index is 11.6. The molecule has 0 saturated carbocycles. The molecule has 29 heavy (non-hydrogen) atoms. The highest BCUT2D eigenvalue weighted by Gasteiger charge is 2.43. The molecule has 1 unspecified atom stereocenters. The summed E-state index contributed by atoms with van der Waals surface area (Å²) in [6, 6.07) is 13.9.